The minimum absolute atomic E-state index is 0.318. The van der Waals surface area contributed by atoms with Crippen LogP contribution in [-0.4, -0.2) is 5.91 Å². The van der Waals surface area contributed by atoms with E-state index in [0.29, 0.717) is 33.8 Å². The lowest BCUT2D eigenvalue weighted by Gasteiger charge is -2.20. The number of halogens is 2. The molecule has 1 aliphatic heterocycles. The van der Waals surface area contributed by atoms with Gasteiger partial charge in [-0.05, 0) is 61.9 Å². The first-order valence-electron chi connectivity index (χ1n) is 9.50. The quantitative estimate of drug-likeness (QED) is 0.530. The molecule has 0 saturated carbocycles. The summed E-state index contributed by atoms with van der Waals surface area (Å²) in [4.78, 5) is 12.8. The van der Waals surface area contributed by atoms with Crippen molar-refractivity contribution in [3.63, 3.8) is 0 Å². The fourth-order valence-corrected chi connectivity index (χ4v) is 3.44. The van der Waals surface area contributed by atoms with Gasteiger partial charge in [-0.25, -0.2) is 8.78 Å². The summed E-state index contributed by atoms with van der Waals surface area (Å²) in [6.45, 7) is 3.82. The normalized spacial score (nSPS) is 14.9. The largest absolute Gasteiger partial charge is 0.354 e. The molecule has 0 unspecified atom stereocenters. The van der Waals surface area contributed by atoms with Gasteiger partial charge in [0.05, 0.1) is 17.0 Å². The minimum Gasteiger partial charge on any atom is -0.354 e. The van der Waals surface area contributed by atoms with E-state index >= 15 is 0 Å². The van der Waals surface area contributed by atoms with Crippen molar-refractivity contribution in [1.82, 2.24) is 0 Å². The van der Waals surface area contributed by atoms with Crippen LogP contribution in [-0.2, 0) is 10.3 Å². The van der Waals surface area contributed by atoms with E-state index < -0.39 is 17.2 Å². The zero-order chi connectivity index (χ0) is 21.5. The Hall–Kier alpha value is -3.51. The van der Waals surface area contributed by atoms with Crippen molar-refractivity contribution < 1.29 is 13.6 Å². The highest BCUT2D eigenvalue weighted by atomic mass is 19.1. The third-order valence-corrected chi connectivity index (χ3v) is 4.99. The van der Waals surface area contributed by atoms with E-state index in [2.05, 4.69) is 10.6 Å². The van der Waals surface area contributed by atoms with Crippen molar-refractivity contribution in [2.75, 3.05) is 10.6 Å². The molecule has 4 nitrogen and oxygen atoms in total. The first-order chi connectivity index (χ1) is 14.2. The molecule has 0 aliphatic carbocycles. The first kappa shape index (κ1) is 19.8. The standard InChI is InChI=1S/C24H21F2N3O/c1-24(2,27)15-6-9-18(10-7-15)28-22(14-4-3-5-16(25)12-14)21-19-11-8-17(26)13-20(19)29-23(21)30/h3-13,28H,27H2,1-2H3,(H,29,30)/b22-21-. The molecule has 0 saturated heterocycles. The molecule has 4 rings (SSSR count). The molecule has 1 aliphatic rings. The molecule has 152 valence electrons. The van der Waals surface area contributed by atoms with E-state index in [-0.39, 0.29) is 5.91 Å². The second kappa shape index (κ2) is 7.39. The Morgan fingerprint density at radius 1 is 0.967 bits per heavy atom. The van der Waals surface area contributed by atoms with Gasteiger partial charge in [0.1, 0.15) is 11.6 Å². The Bertz CT molecular complexity index is 1160. The molecule has 4 N–H and O–H groups in total. The van der Waals surface area contributed by atoms with E-state index in [4.69, 9.17) is 5.73 Å². The smallest absolute Gasteiger partial charge is 0.258 e. The average molecular weight is 405 g/mol. The monoisotopic (exact) mass is 405 g/mol. The molecule has 1 heterocycles. The number of rotatable bonds is 4. The number of amides is 1. The molecule has 0 radical (unpaired) electrons. The molecular formula is C24H21F2N3O. The maximum atomic E-state index is 14.0. The van der Waals surface area contributed by atoms with Crippen LogP contribution in [0.15, 0.2) is 66.7 Å². The highest BCUT2D eigenvalue weighted by molar-refractivity contribution is 6.37. The SMILES string of the molecule is CC(C)(N)c1ccc(N/C(=C2\C(=O)Nc3cc(F)ccc32)c2cccc(F)c2)cc1. The van der Waals surface area contributed by atoms with Gasteiger partial charge in [0.15, 0.2) is 0 Å². The van der Waals surface area contributed by atoms with Crippen molar-refractivity contribution in [2.45, 2.75) is 19.4 Å². The number of hydrogen-bond acceptors (Lipinski definition) is 3. The molecule has 0 atom stereocenters. The highest BCUT2D eigenvalue weighted by Crippen LogP contribution is 2.38. The van der Waals surface area contributed by atoms with Crippen molar-refractivity contribution in [3.05, 3.63) is 95.1 Å². The van der Waals surface area contributed by atoms with Crippen LogP contribution in [0, 0.1) is 11.6 Å². The number of carbonyl (C=O) groups is 1. The average Bonchev–Trinajstić information content (AvgIpc) is 3.00. The van der Waals surface area contributed by atoms with Gasteiger partial charge in [-0.2, -0.15) is 0 Å². The Labute approximate surface area is 173 Å². The van der Waals surface area contributed by atoms with Crippen molar-refractivity contribution in [1.29, 1.82) is 0 Å². The second-order valence-electron chi connectivity index (χ2n) is 7.83. The van der Waals surface area contributed by atoms with Gasteiger partial charge < -0.3 is 16.4 Å². The fraction of sp³-hybridized carbons (Fsp3) is 0.125. The molecule has 30 heavy (non-hydrogen) atoms. The van der Waals surface area contributed by atoms with Crippen LogP contribution in [0.2, 0.25) is 0 Å². The lowest BCUT2D eigenvalue weighted by Crippen LogP contribution is -2.28. The predicted molar refractivity (Wildman–Crippen MR) is 116 cm³/mol. The molecule has 1 amide bonds. The van der Waals surface area contributed by atoms with Crippen molar-refractivity contribution in [3.8, 4) is 0 Å². The Morgan fingerprint density at radius 3 is 2.33 bits per heavy atom. The summed E-state index contributed by atoms with van der Waals surface area (Å²) >= 11 is 0. The van der Waals surface area contributed by atoms with Gasteiger partial charge in [-0.3, -0.25) is 4.79 Å². The van der Waals surface area contributed by atoms with Crippen molar-refractivity contribution >= 4 is 28.6 Å². The van der Waals surface area contributed by atoms with Gasteiger partial charge in [-0.1, -0.05) is 24.3 Å². The van der Waals surface area contributed by atoms with Gasteiger partial charge in [0.2, 0.25) is 0 Å². The number of anilines is 2. The van der Waals surface area contributed by atoms with Crippen LogP contribution >= 0.6 is 0 Å². The molecule has 0 aromatic heterocycles. The number of benzene rings is 3. The summed E-state index contributed by atoms with van der Waals surface area (Å²) in [5, 5.41) is 5.93. The number of nitrogens with one attached hydrogen (secondary N) is 2. The second-order valence-corrected chi connectivity index (χ2v) is 7.83. The Kier molecular flexibility index (Phi) is 4.87. The van der Waals surface area contributed by atoms with Gasteiger partial charge >= 0.3 is 0 Å². The van der Waals surface area contributed by atoms with Crippen LogP contribution in [0.25, 0.3) is 11.3 Å². The number of carbonyl (C=O) groups excluding carboxylic acids is 1. The lowest BCUT2D eigenvalue weighted by molar-refractivity contribution is -0.110. The summed E-state index contributed by atoms with van der Waals surface area (Å²) in [5.74, 6) is -1.26. The molecule has 6 heteroatoms. The summed E-state index contributed by atoms with van der Waals surface area (Å²) in [6.07, 6.45) is 0. The van der Waals surface area contributed by atoms with Crippen LogP contribution in [0.4, 0.5) is 20.2 Å². The zero-order valence-corrected chi connectivity index (χ0v) is 16.6. The van der Waals surface area contributed by atoms with Crippen LogP contribution < -0.4 is 16.4 Å². The molecule has 0 spiro atoms. The van der Waals surface area contributed by atoms with Gasteiger partial charge in [0, 0.05) is 22.4 Å². The molecule has 0 fully saturated rings. The highest BCUT2D eigenvalue weighted by Gasteiger charge is 2.29. The number of fused-ring (bicyclic) bond motifs is 1. The predicted octanol–water partition coefficient (Wildman–Crippen LogP) is 5.09. The van der Waals surface area contributed by atoms with E-state index in [1.165, 1.54) is 24.3 Å². The van der Waals surface area contributed by atoms with Crippen LogP contribution in [0.1, 0.15) is 30.5 Å². The van der Waals surface area contributed by atoms with E-state index in [0.717, 1.165) is 5.56 Å². The number of hydrogen-bond donors (Lipinski definition) is 3. The molecular weight excluding hydrogens is 384 g/mol. The maximum absolute atomic E-state index is 14.0. The molecule has 0 bridgehead atoms. The lowest BCUT2D eigenvalue weighted by atomic mass is 9.95. The van der Waals surface area contributed by atoms with Crippen LogP contribution in [0.5, 0.6) is 0 Å². The minimum atomic E-state index is -0.489. The van der Waals surface area contributed by atoms with E-state index in [9.17, 15) is 13.6 Å². The van der Waals surface area contributed by atoms with Gasteiger partial charge in [0.25, 0.3) is 5.91 Å². The third-order valence-electron chi connectivity index (χ3n) is 4.99. The fourth-order valence-electron chi connectivity index (χ4n) is 3.44. The zero-order valence-electron chi connectivity index (χ0n) is 16.6. The molecule has 3 aromatic rings. The summed E-state index contributed by atoms with van der Waals surface area (Å²) in [7, 11) is 0. The number of nitrogens with two attached hydrogens (primary N) is 1. The summed E-state index contributed by atoms with van der Waals surface area (Å²) < 4.78 is 27.6. The van der Waals surface area contributed by atoms with Gasteiger partial charge in [-0.15, -0.1) is 0 Å². The van der Waals surface area contributed by atoms with Crippen molar-refractivity contribution in [2.24, 2.45) is 5.73 Å². The molecule has 3 aromatic carbocycles. The summed E-state index contributed by atoms with van der Waals surface area (Å²) in [6, 6.07) is 17.6. The Morgan fingerprint density at radius 2 is 1.67 bits per heavy atom. The maximum Gasteiger partial charge on any atom is 0.258 e. The van der Waals surface area contributed by atoms with E-state index in [1.54, 1.807) is 18.2 Å². The van der Waals surface area contributed by atoms with E-state index in [1.807, 2.05) is 38.1 Å². The topological polar surface area (TPSA) is 67.1 Å². The summed E-state index contributed by atoms with van der Waals surface area (Å²) in [5.41, 5.74) is 9.49. The first-order valence-corrected chi connectivity index (χ1v) is 9.50. The third kappa shape index (κ3) is 3.82. The Balaban J connectivity index is 1.85. The van der Waals surface area contributed by atoms with Crippen LogP contribution in [0.3, 0.4) is 0 Å².